The van der Waals surface area contributed by atoms with Gasteiger partial charge in [-0.3, -0.25) is 14.4 Å². The molecule has 3 heterocycles. The SMILES string of the molecule is CC(=O)N1CCc2c(nc([C@H]3CCCCN3C(=O)Cc3ccccc3)[nH]c2=O)C1. The number of nitrogens with one attached hydrogen (secondary N) is 1. The third-order valence-electron chi connectivity index (χ3n) is 5.87. The van der Waals surface area contributed by atoms with Crippen LogP contribution in [0.1, 0.15) is 54.9 Å². The molecule has 1 aromatic carbocycles. The first-order chi connectivity index (χ1) is 14.0. The summed E-state index contributed by atoms with van der Waals surface area (Å²) in [6, 6.07) is 9.46. The van der Waals surface area contributed by atoms with Gasteiger partial charge in [-0.25, -0.2) is 4.98 Å². The van der Waals surface area contributed by atoms with Crippen molar-refractivity contribution in [3.63, 3.8) is 0 Å². The summed E-state index contributed by atoms with van der Waals surface area (Å²) in [5.74, 6) is 0.573. The lowest BCUT2D eigenvalue weighted by molar-refractivity contribution is -0.134. The standard InChI is InChI=1S/C22H26N4O3/c1-15(27)25-12-10-17-18(14-25)23-21(24-22(17)29)19-9-5-6-11-26(19)20(28)13-16-7-3-2-4-8-16/h2-4,7-8,19H,5-6,9-14H2,1H3,(H,23,24,29)/t19-/m1/s1. The molecule has 2 amide bonds. The van der Waals surface area contributed by atoms with Crippen LogP contribution in [0.5, 0.6) is 0 Å². The second kappa shape index (κ2) is 8.19. The number of carbonyl (C=O) groups is 2. The monoisotopic (exact) mass is 394 g/mol. The van der Waals surface area contributed by atoms with Crippen LogP contribution >= 0.6 is 0 Å². The van der Waals surface area contributed by atoms with E-state index in [2.05, 4.69) is 4.98 Å². The summed E-state index contributed by atoms with van der Waals surface area (Å²) >= 11 is 0. The second-order valence-electron chi connectivity index (χ2n) is 7.83. The molecule has 0 unspecified atom stereocenters. The van der Waals surface area contributed by atoms with E-state index in [1.165, 1.54) is 6.92 Å². The summed E-state index contributed by atoms with van der Waals surface area (Å²) in [6.45, 7) is 3.09. The van der Waals surface area contributed by atoms with Crippen LogP contribution in [0.2, 0.25) is 0 Å². The minimum absolute atomic E-state index is 0.0170. The van der Waals surface area contributed by atoms with Gasteiger partial charge >= 0.3 is 0 Å². The van der Waals surface area contributed by atoms with Crippen LogP contribution in [-0.4, -0.2) is 44.7 Å². The van der Waals surface area contributed by atoms with Gasteiger partial charge in [0.25, 0.3) is 5.56 Å². The number of amides is 2. The average Bonchev–Trinajstić information content (AvgIpc) is 2.74. The number of hydrogen-bond donors (Lipinski definition) is 1. The molecule has 7 heteroatoms. The lowest BCUT2D eigenvalue weighted by Gasteiger charge is -2.36. The predicted molar refractivity (Wildman–Crippen MR) is 108 cm³/mol. The molecule has 1 atom stereocenters. The minimum Gasteiger partial charge on any atom is -0.337 e. The number of carbonyl (C=O) groups excluding carboxylic acids is 2. The van der Waals surface area contributed by atoms with E-state index in [1.54, 1.807) is 4.90 Å². The Balaban J connectivity index is 1.61. The Bertz CT molecular complexity index is 970. The van der Waals surface area contributed by atoms with Crippen LogP contribution < -0.4 is 5.56 Å². The van der Waals surface area contributed by atoms with Crippen LogP contribution in [0.4, 0.5) is 0 Å². The lowest BCUT2D eigenvalue weighted by Crippen LogP contribution is -2.42. The normalized spacial score (nSPS) is 19.0. The molecule has 1 N–H and O–H groups in total. The Labute approximate surface area is 169 Å². The van der Waals surface area contributed by atoms with Crippen LogP contribution in [-0.2, 0) is 29.0 Å². The average molecular weight is 394 g/mol. The number of rotatable bonds is 3. The Morgan fingerprint density at radius 2 is 1.97 bits per heavy atom. The van der Waals surface area contributed by atoms with Gasteiger partial charge in [-0.05, 0) is 31.2 Å². The van der Waals surface area contributed by atoms with Crippen molar-refractivity contribution < 1.29 is 9.59 Å². The van der Waals surface area contributed by atoms with Gasteiger partial charge < -0.3 is 14.8 Å². The van der Waals surface area contributed by atoms with Crippen molar-refractivity contribution in [3.8, 4) is 0 Å². The Kier molecular flexibility index (Phi) is 5.47. The van der Waals surface area contributed by atoms with E-state index in [0.29, 0.717) is 49.6 Å². The number of aromatic nitrogens is 2. The smallest absolute Gasteiger partial charge is 0.254 e. The van der Waals surface area contributed by atoms with Crippen molar-refractivity contribution >= 4 is 11.8 Å². The van der Waals surface area contributed by atoms with Gasteiger partial charge in [-0.15, -0.1) is 0 Å². The van der Waals surface area contributed by atoms with E-state index >= 15 is 0 Å². The number of piperidine rings is 1. The Morgan fingerprint density at radius 1 is 1.17 bits per heavy atom. The van der Waals surface area contributed by atoms with Gasteiger partial charge in [0.05, 0.1) is 24.7 Å². The first kappa shape index (κ1) is 19.4. The minimum atomic E-state index is -0.231. The first-order valence-corrected chi connectivity index (χ1v) is 10.2. The first-order valence-electron chi connectivity index (χ1n) is 10.2. The Hall–Kier alpha value is -2.96. The molecule has 152 valence electrons. The maximum Gasteiger partial charge on any atom is 0.254 e. The molecule has 0 aliphatic carbocycles. The van der Waals surface area contributed by atoms with Crippen molar-refractivity contribution in [1.29, 1.82) is 0 Å². The summed E-state index contributed by atoms with van der Waals surface area (Å²) in [7, 11) is 0. The van der Waals surface area contributed by atoms with E-state index in [4.69, 9.17) is 4.98 Å². The molecule has 4 rings (SSSR count). The van der Waals surface area contributed by atoms with Crippen LogP contribution in [0.3, 0.4) is 0 Å². The summed E-state index contributed by atoms with van der Waals surface area (Å²) in [4.78, 5) is 48.7. The van der Waals surface area contributed by atoms with Crippen molar-refractivity contribution in [2.45, 2.75) is 51.6 Å². The van der Waals surface area contributed by atoms with Crippen LogP contribution in [0.25, 0.3) is 0 Å². The zero-order valence-electron chi connectivity index (χ0n) is 16.7. The molecular weight excluding hydrogens is 368 g/mol. The predicted octanol–water partition coefficient (Wildman–Crippen LogP) is 1.97. The number of aromatic amines is 1. The summed E-state index contributed by atoms with van der Waals surface area (Å²) in [5.41, 5.74) is 2.15. The number of fused-ring (bicyclic) bond motifs is 1. The van der Waals surface area contributed by atoms with E-state index < -0.39 is 0 Å². The molecule has 7 nitrogen and oxygen atoms in total. The largest absolute Gasteiger partial charge is 0.337 e. The number of benzene rings is 1. The molecule has 1 aromatic heterocycles. The molecule has 2 aliphatic rings. The molecular formula is C22H26N4O3. The van der Waals surface area contributed by atoms with Crippen molar-refractivity contribution in [3.05, 3.63) is 63.3 Å². The van der Waals surface area contributed by atoms with Gasteiger partial charge in [0.2, 0.25) is 11.8 Å². The summed E-state index contributed by atoms with van der Waals surface area (Å²) in [5, 5.41) is 0. The molecule has 1 fully saturated rings. The van der Waals surface area contributed by atoms with E-state index in [1.807, 2.05) is 35.2 Å². The molecule has 0 spiro atoms. The second-order valence-corrected chi connectivity index (χ2v) is 7.83. The number of likely N-dealkylation sites (tertiary alicyclic amines) is 1. The van der Waals surface area contributed by atoms with E-state index in [9.17, 15) is 14.4 Å². The van der Waals surface area contributed by atoms with E-state index in [-0.39, 0.29) is 23.4 Å². The van der Waals surface area contributed by atoms with Gasteiger partial charge in [-0.1, -0.05) is 30.3 Å². The molecule has 1 saturated heterocycles. The number of H-pyrrole nitrogens is 1. The summed E-state index contributed by atoms with van der Waals surface area (Å²) < 4.78 is 0. The van der Waals surface area contributed by atoms with Crippen LogP contribution in [0, 0.1) is 0 Å². The fourth-order valence-electron chi connectivity index (χ4n) is 4.27. The van der Waals surface area contributed by atoms with Gasteiger partial charge in [0.1, 0.15) is 5.82 Å². The molecule has 2 aromatic rings. The third kappa shape index (κ3) is 4.09. The fraction of sp³-hybridized carbons (Fsp3) is 0.455. The molecule has 0 bridgehead atoms. The third-order valence-corrected chi connectivity index (χ3v) is 5.87. The topological polar surface area (TPSA) is 86.4 Å². The van der Waals surface area contributed by atoms with Gasteiger partial charge in [-0.2, -0.15) is 0 Å². The molecule has 2 aliphatic heterocycles. The highest BCUT2D eigenvalue weighted by molar-refractivity contribution is 5.79. The highest BCUT2D eigenvalue weighted by atomic mass is 16.2. The Morgan fingerprint density at radius 3 is 2.72 bits per heavy atom. The molecule has 0 saturated carbocycles. The number of hydrogen-bond acceptors (Lipinski definition) is 4. The maximum absolute atomic E-state index is 13.0. The molecule has 0 radical (unpaired) electrons. The highest BCUT2D eigenvalue weighted by Crippen LogP contribution is 2.30. The van der Waals surface area contributed by atoms with Crippen molar-refractivity contribution in [1.82, 2.24) is 19.8 Å². The van der Waals surface area contributed by atoms with Gasteiger partial charge in [0, 0.05) is 25.6 Å². The lowest BCUT2D eigenvalue weighted by atomic mass is 9.99. The van der Waals surface area contributed by atoms with Gasteiger partial charge in [0.15, 0.2) is 0 Å². The zero-order valence-corrected chi connectivity index (χ0v) is 16.7. The maximum atomic E-state index is 13.0. The van der Waals surface area contributed by atoms with Crippen molar-refractivity contribution in [2.24, 2.45) is 0 Å². The summed E-state index contributed by atoms with van der Waals surface area (Å²) in [6.07, 6.45) is 3.56. The van der Waals surface area contributed by atoms with Crippen LogP contribution in [0.15, 0.2) is 35.1 Å². The zero-order chi connectivity index (χ0) is 20.4. The molecule has 29 heavy (non-hydrogen) atoms. The highest BCUT2D eigenvalue weighted by Gasteiger charge is 2.31. The quantitative estimate of drug-likeness (QED) is 0.862. The fourth-order valence-corrected chi connectivity index (χ4v) is 4.27. The number of nitrogens with zero attached hydrogens (tertiary/aromatic N) is 3. The van der Waals surface area contributed by atoms with Crippen molar-refractivity contribution in [2.75, 3.05) is 13.1 Å². The van der Waals surface area contributed by atoms with E-state index in [0.717, 1.165) is 24.8 Å².